The van der Waals surface area contributed by atoms with Crippen molar-refractivity contribution in [2.75, 3.05) is 26.3 Å². The Morgan fingerprint density at radius 1 is 1.02 bits per heavy atom. The van der Waals surface area contributed by atoms with Gasteiger partial charge >= 0.3 is 0 Å². The summed E-state index contributed by atoms with van der Waals surface area (Å²) in [6.45, 7) is 7.51. The van der Waals surface area contributed by atoms with Crippen LogP contribution in [-0.4, -0.2) is 80.5 Å². The number of carbonyl (C=O) groups excluding carboxylic acids is 2. The molecule has 8 heteroatoms. The van der Waals surface area contributed by atoms with Crippen LogP contribution in [0.2, 0.25) is 0 Å². The highest BCUT2D eigenvalue weighted by Gasteiger charge is 2.56. The van der Waals surface area contributed by atoms with Gasteiger partial charge < -0.3 is 20.4 Å². The third kappa shape index (κ3) is 6.94. The van der Waals surface area contributed by atoms with Crippen molar-refractivity contribution in [3.05, 3.63) is 81.4 Å². The third-order valence-corrected chi connectivity index (χ3v) is 10.2. The second-order valence-corrected chi connectivity index (χ2v) is 13.1. The van der Waals surface area contributed by atoms with Gasteiger partial charge in [-0.25, -0.2) is 0 Å². The predicted octanol–water partition coefficient (Wildman–Crippen LogP) is 4.51. The van der Waals surface area contributed by atoms with Crippen LogP contribution >= 0.6 is 0 Å². The Morgan fingerprint density at radius 2 is 1.69 bits per heavy atom. The molecule has 5 rings (SSSR count). The molecular formula is C37H48N2O6. The summed E-state index contributed by atoms with van der Waals surface area (Å²) in [5.41, 5.74) is 6.04. The zero-order valence-electron chi connectivity index (χ0n) is 26.8. The summed E-state index contributed by atoms with van der Waals surface area (Å²) in [6.07, 6.45) is 4.49. The summed E-state index contributed by atoms with van der Waals surface area (Å²) in [6, 6.07) is 14.0. The number of aliphatic hydroxyl groups excluding tert-OH is 3. The standard InChI is InChI=1S/C37H48N2O6/c1-4-25(18-27-16-23(2)35(43)24(3)17-27)10-11-32(42)33-28(21-40)19-30-34(31(33)22-41)37(45)39(36(30)44)29-12-14-38(15-13-29)20-26-8-6-5-7-9-26/h5-9,16-18,29-32,34,40-43H,4,10-15,19-22H2,1-3H3/b25-18+/t30-,31+,32-,34-/m1/s1. The molecule has 2 fully saturated rings. The summed E-state index contributed by atoms with van der Waals surface area (Å²) in [5.74, 6) is -2.23. The minimum absolute atomic E-state index is 0.183. The smallest absolute Gasteiger partial charge is 0.234 e. The second-order valence-electron chi connectivity index (χ2n) is 13.1. The Kier molecular flexibility index (Phi) is 10.6. The number of aromatic hydroxyl groups is 1. The zero-order chi connectivity index (χ0) is 32.2. The van der Waals surface area contributed by atoms with E-state index in [0.717, 1.165) is 48.3 Å². The van der Waals surface area contributed by atoms with Gasteiger partial charge in [0.1, 0.15) is 5.75 Å². The van der Waals surface area contributed by atoms with Gasteiger partial charge in [-0.3, -0.25) is 19.4 Å². The molecule has 0 unspecified atom stereocenters. The van der Waals surface area contributed by atoms with Crippen LogP contribution in [0.25, 0.3) is 6.08 Å². The number of fused-ring (bicyclic) bond motifs is 1. The molecule has 0 aromatic heterocycles. The number of rotatable bonds is 11. The number of allylic oxidation sites excluding steroid dienone is 1. The highest BCUT2D eigenvalue weighted by molar-refractivity contribution is 6.06. The zero-order valence-corrected chi connectivity index (χ0v) is 26.8. The van der Waals surface area contributed by atoms with Gasteiger partial charge in [-0.2, -0.15) is 0 Å². The lowest BCUT2D eigenvalue weighted by atomic mass is 9.68. The van der Waals surface area contributed by atoms with E-state index in [1.165, 1.54) is 10.5 Å². The normalized spacial score (nSPS) is 24.0. The number of likely N-dealkylation sites (tertiary alicyclic amines) is 2. The summed E-state index contributed by atoms with van der Waals surface area (Å²) in [5, 5.41) is 42.6. The van der Waals surface area contributed by atoms with Gasteiger partial charge in [0.25, 0.3) is 0 Å². The van der Waals surface area contributed by atoms with E-state index in [4.69, 9.17) is 0 Å². The molecule has 2 aliphatic heterocycles. The van der Waals surface area contributed by atoms with Crippen LogP contribution in [0.3, 0.4) is 0 Å². The summed E-state index contributed by atoms with van der Waals surface area (Å²) >= 11 is 0. The van der Waals surface area contributed by atoms with E-state index in [9.17, 15) is 30.0 Å². The van der Waals surface area contributed by atoms with Crippen molar-refractivity contribution >= 4 is 17.9 Å². The average molecular weight is 617 g/mol. The van der Waals surface area contributed by atoms with Crippen LogP contribution in [0.4, 0.5) is 0 Å². The van der Waals surface area contributed by atoms with E-state index < -0.39 is 23.9 Å². The Labute approximate surface area is 266 Å². The predicted molar refractivity (Wildman–Crippen MR) is 174 cm³/mol. The van der Waals surface area contributed by atoms with Crippen molar-refractivity contribution < 1.29 is 30.0 Å². The SMILES string of the molecule is CC/C(=C\c1cc(C)c(O)c(C)c1)CC[C@@H](O)C1=C(CO)C[C@H]2C(=O)N(C3CCN(Cc4ccccc4)CC3)C(=O)[C@H]2[C@H]1CO. The van der Waals surface area contributed by atoms with Gasteiger partial charge in [0, 0.05) is 31.6 Å². The number of phenolic OH excluding ortho intramolecular Hbond substituents is 1. The first-order valence-corrected chi connectivity index (χ1v) is 16.4. The van der Waals surface area contributed by atoms with Gasteiger partial charge in [0.05, 0.1) is 31.2 Å². The molecule has 2 heterocycles. The lowest BCUT2D eigenvalue weighted by Gasteiger charge is -2.36. The number of aliphatic hydroxyl groups is 3. The molecule has 4 N–H and O–H groups in total. The van der Waals surface area contributed by atoms with Crippen molar-refractivity contribution in [3.8, 4) is 5.75 Å². The van der Waals surface area contributed by atoms with Crippen molar-refractivity contribution in [2.45, 2.75) is 78.0 Å². The maximum Gasteiger partial charge on any atom is 0.234 e. The number of benzene rings is 2. The topological polar surface area (TPSA) is 122 Å². The van der Waals surface area contributed by atoms with Crippen LogP contribution in [0.5, 0.6) is 5.75 Å². The van der Waals surface area contributed by atoms with Gasteiger partial charge in [-0.05, 0) is 97.9 Å². The Morgan fingerprint density at radius 3 is 2.29 bits per heavy atom. The van der Waals surface area contributed by atoms with E-state index in [2.05, 4.69) is 30.0 Å². The Hall–Kier alpha value is -3.30. The highest BCUT2D eigenvalue weighted by atomic mass is 16.3. The number of aryl methyl sites for hydroxylation is 2. The molecule has 0 spiro atoms. The summed E-state index contributed by atoms with van der Waals surface area (Å²) in [4.78, 5) is 31.5. The fourth-order valence-corrected chi connectivity index (χ4v) is 7.80. The monoisotopic (exact) mass is 616 g/mol. The first-order valence-electron chi connectivity index (χ1n) is 16.4. The number of carbonyl (C=O) groups is 2. The number of hydrogen-bond donors (Lipinski definition) is 4. The molecule has 242 valence electrons. The molecule has 4 atom stereocenters. The largest absolute Gasteiger partial charge is 0.507 e. The van der Waals surface area contributed by atoms with E-state index in [1.807, 2.05) is 44.2 Å². The number of hydrogen-bond acceptors (Lipinski definition) is 7. The van der Waals surface area contributed by atoms with Gasteiger partial charge in [-0.15, -0.1) is 0 Å². The third-order valence-electron chi connectivity index (χ3n) is 10.2. The molecule has 2 aromatic carbocycles. The number of nitrogens with zero attached hydrogens (tertiary/aromatic N) is 2. The fraction of sp³-hybridized carbons (Fsp3) is 0.514. The van der Waals surface area contributed by atoms with Crippen molar-refractivity contribution in [3.63, 3.8) is 0 Å². The van der Waals surface area contributed by atoms with Gasteiger partial charge in [-0.1, -0.05) is 48.9 Å². The lowest BCUT2D eigenvalue weighted by Crippen LogP contribution is -2.47. The summed E-state index contributed by atoms with van der Waals surface area (Å²) < 4.78 is 0. The van der Waals surface area contributed by atoms with E-state index in [-0.39, 0.29) is 37.5 Å². The van der Waals surface area contributed by atoms with Crippen LogP contribution in [-0.2, 0) is 16.1 Å². The molecule has 2 saturated heterocycles. The first-order chi connectivity index (χ1) is 21.7. The van der Waals surface area contributed by atoms with E-state index >= 15 is 0 Å². The van der Waals surface area contributed by atoms with Crippen LogP contribution in [0.1, 0.15) is 67.7 Å². The Balaban J connectivity index is 1.28. The highest BCUT2D eigenvalue weighted by Crippen LogP contribution is 2.47. The number of piperidine rings is 1. The van der Waals surface area contributed by atoms with Crippen LogP contribution in [0.15, 0.2) is 59.2 Å². The summed E-state index contributed by atoms with van der Waals surface area (Å²) in [7, 11) is 0. The molecule has 0 saturated carbocycles. The fourth-order valence-electron chi connectivity index (χ4n) is 7.80. The van der Waals surface area contributed by atoms with Crippen LogP contribution in [0, 0.1) is 31.6 Å². The lowest BCUT2D eigenvalue weighted by molar-refractivity contribution is -0.144. The minimum Gasteiger partial charge on any atom is -0.507 e. The molecular weight excluding hydrogens is 568 g/mol. The average Bonchev–Trinajstić information content (AvgIpc) is 3.30. The second kappa shape index (κ2) is 14.4. The molecule has 2 amide bonds. The minimum atomic E-state index is -0.957. The molecule has 3 aliphatic rings. The van der Waals surface area contributed by atoms with Crippen molar-refractivity contribution in [1.82, 2.24) is 9.80 Å². The molecule has 0 bridgehead atoms. The molecule has 0 radical (unpaired) electrons. The van der Waals surface area contributed by atoms with Crippen molar-refractivity contribution in [2.24, 2.45) is 17.8 Å². The number of imide groups is 1. The van der Waals surface area contributed by atoms with Crippen LogP contribution < -0.4 is 0 Å². The van der Waals surface area contributed by atoms with Gasteiger partial charge in [0.15, 0.2) is 0 Å². The first kappa shape index (κ1) is 33.1. The Bertz CT molecular complexity index is 1420. The molecule has 1 aliphatic carbocycles. The number of amides is 2. The van der Waals surface area contributed by atoms with Gasteiger partial charge in [0.2, 0.25) is 11.8 Å². The molecule has 2 aromatic rings. The van der Waals surface area contributed by atoms with E-state index in [0.29, 0.717) is 42.6 Å². The maximum absolute atomic E-state index is 13.9. The molecule has 8 nitrogen and oxygen atoms in total. The quantitative estimate of drug-likeness (QED) is 0.217. The maximum atomic E-state index is 13.9. The molecule has 45 heavy (non-hydrogen) atoms. The van der Waals surface area contributed by atoms with Crippen molar-refractivity contribution in [1.29, 1.82) is 0 Å². The number of phenols is 1. The van der Waals surface area contributed by atoms with E-state index in [1.54, 1.807) is 0 Å².